The maximum Gasteiger partial charge on any atom is 0.244 e. The number of rotatable bonds is 5. The summed E-state index contributed by atoms with van der Waals surface area (Å²) in [5, 5.41) is 3.44. The van der Waals surface area contributed by atoms with Crippen LogP contribution >= 0.6 is 23.2 Å². The van der Waals surface area contributed by atoms with Crippen LogP contribution in [0.3, 0.4) is 0 Å². The molecular weight excluding hydrogens is 419 g/mol. The van der Waals surface area contributed by atoms with Crippen molar-refractivity contribution in [2.75, 3.05) is 18.4 Å². The summed E-state index contributed by atoms with van der Waals surface area (Å²) < 4.78 is 27.2. The first-order valence-corrected chi connectivity index (χ1v) is 11.4. The minimum absolute atomic E-state index is 0.00133. The number of para-hydroxylation sites is 1. The average molecular weight is 441 g/mol. The molecule has 0 unspecified atom stereocenters. The number of hydrogen-bond donors (Lipinski definition) is 1. The van der Waals surface area contributed by atoms with Crippen LogP contribution in [0.1, 0.15) is 25.3 Å². The van der Waals surface area contributed by atoms with Crippen molar-refractivity contribution in [2.45, 2.75) is 31.1 Å². The quantitative estimate of drug-likeness (QED) is 0.738. The minimum atomic E-state index is -3.75. The molecule has 1 saturated heterocycles. The van der Waals surface area contributed by atoms with E-state index < -0.39 is 10.0 Å². The van der Waals surface area contributed by atoms with Gasteiger partial charge in [0.1, 0.15) is 4.90 Å². The first-order valence-electron chi connectivity index (χ1n) is 9.17. The molecule has 0 spiro atoms. The third kappa shape index (κ3) is 4.51. The fourth-order valence-electron chi connectivity index (χ4n) is 3.36. The Bertz CT molecular complexity index is 971. The number of nitrogens with zero attached hydrogens (tertiary/aromatic N) is 1. The molecule has 1 aliphatic rings. The van der Waals surface area contributed by atoms with Crippen molar-refractivity contribution >= 4 is 44.8 Å². The van der Waals surface area contributed by atoms with Crippen molar-refractivity contribution in [3.63, 3.8) is 0 Å². The van der Waals surface area contributed by atoms with E-state index in [9.17, 15) is 13.2 Å². The summed E-state index contributed by atoms with van der Waals surface area (Å²) in [6.45, 7) is 2.56. The highest BCUT2D eigenvalue weighted by Crippen LogP contribution is 2.30. The van der Waals surface area contributed by atoms with Crippen LogP contribution in [0.4, 0.5) is 5.69 Å². The normalized spacial score (nSPS) is 16.1. The zero-order chi connectivity index (χ0) is 20.3. The molecule has 0 aromatic heterocycles. The van der Waals surface area contributed by atoms with Gasteiger partial charge in [-0.2, -0.15) is 4.31 Å². The molecule has 28 heavy (non-hydrogen) atoms. The number of sulfonamides is 1. The first kappa shape index (κ1) is 21.1. The molecule has 5 nitrogen and oxygen atoms in total. The van der Waals surface area contributed by atoms with Gasteiger partial charge in [-0.05, 0) is 49.1 Å². The van der Waals surface area contributed by atoms with E-state index in [1.807, 2.05) is 31.2 Å². The molecule has 1 heterocycles. The topological polar surface area (TPSA) is 66.5 Å². The molecule has 1 N–H and O–H groups in total. The van der Waals surface area contributed by atoms with Crippen LogP contribution in [-0.4, -0.2) is 31.7 Å². The predicted octanol–water partition coefficient (Wildman–Crippen LogP) is 4.60. The molecule has 2 aromatic rings. The van der Waals surface area contributed by atoms with E-state index >= 15 is 0 Å². The molecule has 0 bridgehead atoms. The number of carbonyl (C=O) groups is 1. The SMILES string of the molecule is CCc1ccccc1NC(=O)C1CCN(S(=O)(=O)c2cc(Cl)ccc2Cl)CC1. The Morgan fingerprint density at radius 1 is 1.14 bits per heavy atom. The zero-order valence-corrected chi connectivity index (χ0v) is 17.8. The second-order valence-electron chi connectivity index (χ2n) is 6.75. The van der Waals surface area contributed by atoms with Crippen molar-refractivity contribution in [2.24, 2.45) is 5.92 Å². The lowest BCUT2D eigenvalue weighted by atomic mass is 9.97. The number of aryl methyl sites for hydroxylation is 1. The molecule has 1 fully saturated rings. The summed E-state index contributed by atoms with van der Waals surface area (Å²) in [6, 6.07) is 12.1. The van der Waals surface area contributed by atoms with Gasteiger partial charge in [0, 0.05) is 29.7 Å². The lowest BCUT2D eigenvalue weighted by Crippen LogP contribution is -2.41. The molecular formula is C20H22Cl2N2O3S. The summed E-state index contributed by atoms with van der Waals surface area (Å²) >= 11 is 12.0. The summed E-state index contributed by atoms with van der Waals surface area (Å²) in [7, 11) is -3.75. The zero-order valence-electron chi connectivity index (χ0n) is 15.5. The molecule has 8 heteroatoms. The van der Waals surface area contributed by atoms with E-state index in [0.717, 1.165) is 17.7 Å². The van der Waals surface area contributed by atoms with Crippen LogP contribution in [0, 0.1) is 5.92 Å². The minimum Gasteiger partial charge on any atom is -0.326 e. The molecule has 1 aliphatic heterocycles. The summed E-state index contributed by atoms with van der Waals surface area (Å²) in [5.74, 6) is -0.301. The second kappa shape index (κ2) is 8.82. The lowest BCUT2D eigenvalue weighted by Gasteiger charge is -2.31. The van der Waals surface area contributed by atoms with Crippen molar-refractivity contribution in [3.05, 3.63) is 58.1 Å². The van der Waals surface area contributed by atoms with Gasteiger partial charge >= 0.3 is 0 Å². The average Bonchev–Trinajstić information content (AvgIpc) is 2.70. The first-order chi connectivity index (χ1) is 13.3. The monoisotopic (exact) mass is 440 g/mol. The van der Waals surface area contributed by atoms with E-state index in [-0.39, 0.29) is 34.8 Å². The molecule has 0 aliphatic carbocycles. The molecule has 2 aromatic carbocycles. The van der Waals surface area contributed by atoms with Gasteiger partial charge in [-0.15, -0.1) is 0 Å². The smallest absolute Gasteiger partial charge is 0.244 e. The molecule has 0 atom stereocenters. The van der Waals surface area contributed by atoms with Gasteiger partial charge in [0.05, 0.1) is 5.02 Å². The van der Waals surface area contributed by atoms with Crippen LogP contribution in [0.15, 0.2) is 47.4 Å². The maximum absolute atomic E-state index is 12.9. The Labute approximate surface area is 175 Å². The Balaban J connectivity index is 1.67. The largest absolute Gasteiger partial charge is 0.326 e. The number of nitrogens with one attached hydrogen (secondary N) is 1. The molecule has 3 rings (SSSR count). The summed E-state index contributed by atoms with van der Waals surface area (Å²) in [4.78, 5) is 12.6. The standard InChI is InChI=1S/C20H22Cl2N2O3S/c1-2-14-5-3-4-6-18(14)23-20(25)15-9-11-24(12-10-15)28(26,27)19-13-16(21)7-8-17(19)22/h3-8,13,15H,2,9-12H2,1H3,(H,23,25). The van der Waals surface area contributed by atoms with Gasteiger partial charge in [0.25, 0.3) is 0 Å². The Morgan fingerprint density at radius 2 is 1.82 bits per heavy atom. The molecule has 0 saturated carbocycles. The fourth-order valence-corrected chi connectivity index (χ4v) is 5.56. The van der Waals surface area contributed by atoms with Crippen molar-refractivity contribution < 1.29 is 13.2 Å². The van der Waals surface area contributed by atoms with Crippen molar-refractivity contribution in [3.8, 4) is 0 Å². The third-order valence-electron chi connectivity index (χ3n) is 4.99. The number of amides is 1. The van der Waals surface area contributed by atoms with E-state index in [2.05, 4.69) is 5.32 Å². The maximum atomic E-state index is 12.9. The fraction of sp³-hybridized carbons (Fsp3) is 0.350. The van der Waals surface area contributed by atoms with Crippen LogP contribution in [0.5, 0.6) is 0 Å². The number of piperidine rings is 1. The van der Waals surface area contributed by atoms with E-state index in [0.29, 0.717) is 17.9 Å². The van der Waals surface area contributed by atoms with E-state index in [1.54, 1.807) is 6.07 Å². The molecule has 0 radical (unpaired) electrons. The Kier molecular flexibility index (Phi) is 6.65. The van der Waals surface area contributed by atoms with E-state index in [4.69, 9.17) is 23.2 Å². The van der Waals surface area contributed by atoms with Gasteiger partial charge in [-0.3, -0.25) is 4.79 Å². The number of anilines is 1. The third-order valence-corrected chi connectivity index (χ3v) is 7.61. The highest BCUT2D eigenvalue weighted by molar-refractivity contribution is 7.89. The van der Waals surface area contributed by atoms with Gasteiger partial charge in [-0.25, -0.2) is 8.42 Å². The van der Waals surface area contributed by atoms with Crippen molar-refractivity contribution in [1.29, 1.82) is 0 Å². The second-order valence-corrected chi connectivity index (χ2v) is 9.50. The number of hydrogen-bond acceptors (Lipinski definition) is 3. The van der Waals surface area contributed by atoms with Crippen LogP contribution in [0.25, 0.3) is 0 Å². The van der Waals surface area contributed by atoms with Crippen molar-refractivity contribution in [1.82, 2.24) is 4.31 Å². The summed E-state index contributed by atoms with van der Waals surface area (Å²) in [6.07, 6.45) is 1.74. The molecule has 1 amide bonds. The Hall–Kier alpha value is -1.60. The number of halogens is 2. The van der Waals surface area contributed by atoms with Crippen LogP contribution in [0.2, 0.25) is 10.0 Å². The highest BCUT2D eigenvalue weighted by Gasteiger charge is 2.33. The predicted molar refractivity (Wildman–Crippen MR) is 112 cm³/mol. The van der Waals surface area contributed by atoms with Gasteiger partial charge in [0.15, 0.2) is 0 Å². The van der Waals surface area contributed by atoms with Crippen LogP contribution < -0.4 is 5.32 Å². The summed E-state index contributed by atoms with van der Waals surface area (Å²) in [5.41, 5.74) is 1.89. The lowest BCUT2D eigenvalue weighted by molar-refractivity contribution is -0.120. The molecule has 150 valence electrons. The Morgan fingerprint density at radius 3 is 2.50 bits per heavy atom. The van der Waals surface area contributed by atoms with E-state index in [1.165, 1.54) is 16.4 Å². The number of carbonyl (C=O) groups excluding carboxylic acids is 1. The van der Waals surface area contributed by atoms with Crippen LogP contribution in [-0.2, 0) is 21.2 Å². The van der Waals surface area contributed by atoms with Gasteiger partial charge < -0.3 is 5.32 Å². The van der Waals surface area contributed by atoms with Gasteiger partial charge in [-0.1, -0.05) is 48.3 Å². The number of benzene rings is 2. The van der Waals surface area contributed by atoms with Gasteiger partial charge in [0.2, 0.25) is 15.9 Å². The highest BCUT2D eigenvalue weighted by atomic mass is 35.5.